The molecule has 162 valence electrons. The van der Waals surface area contributed by atoms with Gasteiger partial charge in [-0.2, -0.15) is 0 Å². The van der Waals surface area contributed by atoms with Crippen LogP contribution in [0.4, 0.5) is 11.4 Å². The molecular formula is C23H31N3O3S. The lowest BCUT2D eigenvalue weighted by Gasteiger charge is -2.29. The number of carbonyl (C=O) groups excluding carboxylic acids is 1. The van der Waals surface area contributed by atoms with E-state index >= 15 is 0 Å². The van der Waals surface area contributed by atoms with E-state index in [-0.39, 0.29) is 5.91 Å². The monoisotopic (exact) mass is 429 g/mol. The predicted molar refractivity (Wildman–Crippen MR) is 122 cm³/mol. The maximum atomic E-state index is 12.8. The average Bonchev–Trinajstić information content (AvgIpc) is 3.19. The summed E-state index contributed by atoms with van der Waals surface area (Å²) in [7, 11) is -3.63. The summed E-state index contributed by atoms with van der Waals surface area (Å²) in [5.74, 6) is -0.330. The van der Waals surface area contributed by atoms with Crippen LogP contribution < -0.4 is 14.5 Å². The lowest BCUT2D eigenvalue weighted by Crippen LogP contribution is -2.47. The Morgan fingerprint density at radius 3 is 2.17 bits per heavy atom. The van der Waals surface area contributed by atoms with Crippen LogP contribution in [0.3, 0.4) is 0 Å². The van der Waals surface area contributed by atoms with Gasteiger partial charge in [0, 0.05) is 25.3 Å². The van der Waals surface area contributed by atoms with Crippen molar-refractivity contribution in [2.75, 3.05) is 28.6 Å². The molecule has 1 fully saturated rings. The van der Waals surface area contributed by atoms with Crippen molar-refractivity contribution in [1.29, 1.82) is 0 Å². The van der Waals surface area contributed by atoms with Gasteiger partial charge in [0.15, 0.2) is 0 Å². The van der Waals surface area contributed by atoms with Crippen molar-refractivity contribution in [1.82, 2.24) is 5.32 Å². The molecule has 0 aliphatic carbocycles. The zero-order chi connectivity index (χ0) is 21.9. The van der Waals surface area contributed by atoms with Crippen LogP contribution in [0.15, 0.2) is 42.5 Å². The first-order valence-corrected chi connectivity index (χ1v) is 12.2. The topological polar surface area (TPSA) is 69.7 Å². The molecule has 2 aromatic carbocycles. The second-order valence-corrected chi connectivity index (χ2v) is 10.0. The van der Waals surface area contributed by atoms with E-state index < -0.39 is 16.1 Å². The number of anilines is 2. The summed E-state index contributed by atoms with van der Waals surface area (Å²) in [6.07, 6.45) is 3.59. The second-order valence-electron chi connectivity index (χ2n) is 8.16. The Morgan fingerprint density at radius 2 is 1.63 bits per heavy atom. The van der Waals surface area contributed by atoms with Crippen LogP contribution in [0.2, 0.25) is 0 Å². The molecule has 0 saturated carbocycles. The lowest BCUT2D eigenvalue weighted by atomic mass is 10.1. The molecule has 1 unspecified atom stereocenters. The van der Waals surface area contributed by atoms with Crippen molar-refractivity contribution in [3.05, 3.63) is 59.2 Å². The van der Waals surface area contributed by atoms with Crippen molar-refractivity contribution in [3.8, 4) is 0 Å². The quantitative estimate of drug-likeness (QED) is 0.733. The first-order chi connectivity index (χ1) is 14.1. The van der Waals surface area contributed by atoms with Crippen molar-refractivity contribution in [2.24, 2.45) is 0 Å². The Morgan fingerprint density at radius 1 is 1.07 bits per heavy atom. The summed E-state index contributed by atoms with van der Waals surface area (Å²) in [6.45, 7) is 7.97. The van der Waals surface area contributed by atoms with Crippen molar-refractivity contribution < 1.29 is 13.2 Å². The zero-order valence-corrected chi connectivity index (χ0v) is 19.0. The number of hydrogen-bond donors (Lipinski definition) is 1. The highest BCUT2D eigenvalue weighted by Gasteiger charge is 2.29. The molecule has 1 N–H and O–H groups in total. The number of hydrogen-bond acceptors (Lipinski definition) is 4. The second kappa shape index (κ2) is 9.08. The third-order valence-electron chi connectivity index (χ3n) is 5.42. The van der Waals surface area contributed by atoms with E-state index in [4.69, 9.17) is 0 Å². The molecule has 6 nitrogen and oxygen atoms in total. The minimum atomic E-state index is -3.63. The van der Waals surface area contributed by atoms with E-state index in [0.29, 0.717) is 12.2 Å². The Labute approximate surface area is 179 Å². The number of nitrogens with zero attached hydrogens (tertiary/aromatic N) is 2. The number of aryl methyl sites for hydroxylation is 2. The maximum absolute atomic E-state index is 12.8. The van der Waals surface area contributed by atoms with E-state index in [2.05, 4.69) is 22.3 Å². The lowest BCUT2D eigenvalue weighted by molar-refractivity contribution is -0.122. The highest BCUT2D eigenvalue weighted by molar-refractivity contribution is 7.92. The number of benzene rings is 2. The smallest absolute Gasteiger partial charge is 0.243 e. The molecule has 2 aromatic rings. The van der Waals surface area contributed by atoms with E-state index in [1.807, 2.05) is 32.0 Å². The van der Waals surface area contributed by atoms with Crippen LogP contribution in [-0.4, -0.2) is 39.7 Å². The summed E-state index contributed by atoms with van der Waals surface area (Å²) in [4.78, 5) is 15.2. The highest BCUT2D eigenvalue weighted by Crippen LogP contribution is 2.24. The number of amides is 1. The Hall–Kier alpha value is -2.54. The van der Waals surface area contributed by atoms with Gasteiger partial charge < -0.3 is 10.2 Å². The van der Waals surface area contributed by atoms with Crippen molar-refractivity contribution in [2.45, 2.75) is 46.2 Å². The van der Waals surface area contributed by atoms with Crippen molar-refractivity contribution in [3.63, 3.8) is 0 Å². The number of nitrogens with one attached hydrogen (secondary N) is 1. The van der Waals surface area contributed by atoms with Crippen LogP contribution in [-0.2, 0) is 21.4 Å². The number of rotatable bonds is 7. The van der Waals surface area contributed by atoms with Crippen LogP contribution in [0.25, 0.3) is 0 Å². The fourth-order valence-electron chi connectivity index (χ4n) is 4.02. The van der Waals surface area contributed by atoms with Gasteiger partial charge in [-0.3, -0.25) is 9.10 Å². The summed E-state index contributed by atoms with van der Waals surface area (Å²) in [5.41, 5.74) is 4.59. The van der Waals surface area contributed by atoms with Gasteiger partial charge in [0.25, 0.3) is 0 Å². The first kappa shape index (κ1) is 22.2. The van der Waals surface area contributed by atoms with E-state index in [9.17, 15) is 13.2 Å². The molecular weight excluding hydrogens is 398 g/mol. The molecule has 1 atom stereocenters. The molecule has 30 heavy (non-hydrogen) atoms. The summed E-state index contributed by atoms with van der Waals surface area (Å²) in [6, 6.07) is 12.9. The first-order valence-electron chi connectivity index (χ1n) is 10.3. The molecule has 1 heterocycles. The van der Waals surface area contributed by atoms with Gasteiger partial charge in [-0.1, -0.05) is 18.2 Å². The molecule has 1 amide bonds. The third-order valence-corrected chi connectivity index (χ3v) is 6.67. The molecule has 0 bridgehead atoms. The van der Waals surface area contributed by atoms with Gasteiger partial charge in [0.05, 0.1) is 11.9 Å². The maximum Gasteiger partial charge on any atom is 0.243 e. The standard InChI is InChI=1S/C23H31N3O3S/c1-17-13-18(2)15-22(14-17)26(30(4,28)29)19(3)23(27)24-16-20-7-9-21(10-8-20)25-11-5-6-12-25/h7-10,13-15,19H,5-6,11-12,16H2,1-4H3,(H,24,27). The zero-order valence-electron chi connectivity index (χ0n) is 18.2. The normalized spacial score (nSPS) is 15.1. The Kier molecular flexibility index (Phi) is 6.71. The summed E-state index contributed by atoms with van der Waals surface area (Å²) < 4.78 is 26.2. The molecule has 1 aliphatic rings. The van der Waals surface area contributed by atoms with Crippen LogP contribution in [0.1, 0.15) is 36.5 Å². The van der Waals surface area contributed by atoms with Gasteiger partial charge in [-0.25, -0.2) is 8.42 Å². The summed E-state index contributed by atoms with van der Waals surface area (Å²) in [5, 5.41) is 2.88. The third kappa shape index (κ3) is 5.33. The molecule has 0 spiro atoms. The SMILES string of the molecule is Cc1cc(C)cc(N(C(C)C(=O)NCc2ccc(N3CCCC3)cc2)S(C)(=O)=O)c1. The fraction of sp³-hybridized carbons (Fsp3) is 0.435. The molecule has 3 rings (SSSR count). The Balaban J connectivity index is 1.69. The molecule has 1 aliphatic heterocycles. The van der Waals surface area contributed by atoms with Gasteiger partial charge in [0.2, 0.25) is 15.9 Å². The molecule has 0 radical (unpaired) electrons. The van der Waals surface area contributed by atoms with Gasteiger partial charge in [-0.15, -0.1) is 0 Å². The largest absolute Gasteiger partial charge is 0.372 e. The summed E-state index contributed by atoms with van der Waals surface area (Å²) >= 11 is 0. The van der Waals surface area contributed by atoms with E-state index in [1.54, 1.807) is 19.1 Å². The number of sulfonamides is 1. The van der Waals surface area contributed by atoms with Gasteiger partial charge in [0.1, 0.15) is 6.04 Å². The fourth-order valence-corrected chi connectivity index (χ4v) is 5.18. The number of carbonyl (C=O) groups is 1. The highest BCUT2D eigenvalue weighted by atomic mass is 32.2. The van der Waals surface area contributed by atoms with Crippen LogP contribution in [0, 0.1) is 13.8 Å². The Bertz CT molecular complexity index is 977. The van der Waals surface area contributed by atoms with Gasteiger partial charge >= 0.3 is 0 Å². The minimum Gasteiger partial charge on any atom is -0.372 e. The predicted octanol–water partition coefficient (Wildman–Crippen LogP) is 3.37. The van der Waals surface area contributed by atoms with Gasteiger partial charge in [-0.05, 0) is 74.6 Å². The molecule has 7 heteroatoms. The van der Waals surface area contributed by atoms with E-state index in [1.165, 1.54) is 22.8 Å². The van der Waals surface area contributed by atoms with Crippen LogP contribution >= 0.6 is 0 Å². The van der Waals surface area contributed by atoms with E-state index in [0.717, 1.165) is 36.0 Å². The average molecular weight is 430 g/mol. The van der Waals surface area contributed by atoms with Crippen LogP contribution in [0.5, 0.6) is 0 Å². The minimum absolute atomic E-state index is 0.330. The molecule has 0 aromatic heterocycles. The van der Waals surface area contributed by atoms with Crippen molar-refractivity contribution >= 4 is 27.3 Å². The molecule has 1 saturated heterocycles.